The first kappa shape index (κ1) is 14.2. The number of aromatic nitrogens is 3. The molecule has 1 aromatic heterocycles. The van der Waals surface area contributed by atoms with Gasteiger partial charge in [-0.05, 0) is 0 Å². The van der Waals surface area contributed by atoms with Crippen LogP contribution in [0.1, 0.15) is 4.95 Å². The van der Waals surface area contributed by atoms with Gasteiger partial charge in [0.1, 0.15) is 12.7 Å². The number of halogens is 4. The monoisotopic (exact) mass is 347 g/mol. The summed E-state index contributed by atoms with van der Waals surface area (Å²) in [4.78, 5) is 15.3. The molecule has 0 aliphatic heterocycles. The summed E-state index contributed by atoms with van der Waals surface area (Å²) < 4.78 is 1.38. The van der Waals surface area contributed by atoms with E-state index in [1.807, 2.05) is 0 Å². The lowest BCUT2D eigenvalue weighted by atomic mass is 9.90. The van der Waals surface area contributed by atoms with E-state index in [-0.39, 0.29) is 23.4 Å². The van der Waals surface area contributed by atoms with Crippen molar-refractivity contribution in [2.45, 2.75) is 4.95 Å². The molecule has 1 heterocycles. The third-order valence-corrected chi connectivity index (χ3v) is 4.55. The van der Waals surface area contributed by atoms with Crippen LogP contribution in [0.25, 0.3) is 0 Å². The lowest BCUT2D eigenvalue weighted by molar-refractivity contribution is -0.126. The molecule has 0 aliphatic carbocycles. The number of alkyl halides is 4. The number of nitrogens with zero attached hydrogens (tertiary/aromatic N) is 3. The number of rotatable bonds is 6. The van der Waals surface area contributed by atoms with Gasteiger partial charge in [-0.2, -0.15) is 5.10 Å². The molecule has 0 aromatic carbocycles. The quantitative estimate of drug-likeness (QED) is 0.741. The van der Waals surface area contributed by atoms with Crippen LogP contribution in [-0.4, -0.2) is 38.2 Å². The molecule has 0 amide bonds. The van der Waals surface area contributed by atoms with Gasteiger partial charge in [0, 0.05) is 17.6 Å². The van der Waals surface area contributed by atoms with Crippen molar-refractivity contribution in [3.8, 4) is 0 Å². The smallest absolute Gasteiger partial charge is 0.177 e. The molecule has 0 saturated heterocycles. The molecule has 0 aliphatic rings. The van der Waals surface area contributed by atoms with E-state index in [0.717, 1.165) is 0 Å². The summed E-state index contributed by atoms with van der Waals surface area (Å²) >= 11 is 20.5. The maximum atomic E-state index is 12.2. The highest BCUT2D eigenvalue weighted by Gasteiger charge is 2.40. The number of ketones is 1. The highest BCUT2D eigenvalue weighted by Crippen LogP contribution is 2.32. The van der Waals surface area contributed by atoms with Crippen molar-refractivity contribution in [2.75, 3.05) is 17.6 Å². The minimum Gasteiger partial charge on any atom is -0.296 e. The van der Waals surface area contributed by atoms with Gasteiger partial charge in [0.25, 0.3) is 0 Å². The Balaban J connectivity index is 2.91. The van der Waals surface area contributed by atoms with Gasteiger partial charge in [0.2, 0.25) is 0 Å². The summed E-state index contributed by atoms with van der Waals surface area (Å²) in [7, 11) is 0. The molecule has 8 heteroatoms. The van der Waals surface area contributed by atoms with Crippen LogP contribution in [0.5, 0.6) is 0 Å². The van der Waals surface area contributed by atoms with Crippen LogP contribution in [0, 0.1) is 5.41 Å². The molecular formula is C8H9BrCl3N3O. The Hall–Kier alpha value is 0.160. The average molecular weight is 349 g/mol. The fourth-order valence-corrected chi connectivity index (χ4v) is 2.96. The van der Waals surface area contributed by atoms with Gasteiger partial charge in [-0.25, -0.2) is 9.67 Å². The van der Waals surface area contributed by atoms with Crippen molar-refractivity contribution in [3.63, 3.8) is 0 Å². The summed E-state index contributed by atoms with van der Waals surface area (Å²) in [5, 5.41) is 3.86. The molecule has 1 rings (SSSR count). The zero-order chi connectivity index (χ0) is 12.2. The van der Waals surface area contributed by atoms with E-state index in [1.165, 1.54) is 17.3 Å². The Labute approximate surface area is 116 Å². The van der Waals surface area contributed by atoms with Crippen molar-refractivity contribution in [2.24, 2.45) is 5.41 Å². The average Bonchev–Trinajstić information content (AvgIpc) is 2.84. The van der Waals surface area contributed by atoms with Gasteiger partial charge in [-0.15, -0.1) is 34.8 Å². The first-order valence-corrected chi connectivity index (χ1v) is 6.83. The second kappa shape index (κ2) is 6.19. The summed E-state index contributed by atoms with van der Waals surface area (Å²) in [6.07, 6.45) is 2.77. The molecule has 90 valence electrons. The lowest BCUT2D eigenvalue weighted by Gasteiger charge is -2.27. The van der Waals surface area contributed by atoms with E-state index < -0.39 is 10.4 Å². The molecule has 0 bridgehead atoms. The number of carbonyl (C=O) groups is 1. The van der Waals surface area contributed by atoms with Crippen LogP contribution in [0.15, 0.2) is 12.7 Å². The summed E-state index contributed by atoms with van der Waals surface area (Å²) in [6, 6.07) is 0. The largest absolute Gasteiger partial charge is 0.296 e. The van der Waals surface area contributed by atoms with Crippen molar-refractivity contribution in [3.05, 3.63) is 12.7 Å². The summed E-state index contributed by atoms with van der Waals surface area (Å²) in [6.45, 7) is 0. The highest BCUT2D eigenvalue weighted by atomic mass is 79.9. The molecular weight excluding hydrogens is 340 g/mol. The maximum Gasteiger partial charge on any atom is 0.177 e. The van der Waals surface area contributed by atoms with Crippen molar-refractivity contribution in [1.29, 1.82) is 0 Å². The molecule has 0 spiro atoms. The van der Waals surface area contributed by atoms with E-state index in [4.69, 9.17) is 34.8 Å². The number of carbonyl (C=O) groups excluding carboxylic acids is 1. The van der Waals surface area contributed by atoms with Gasteiger partial charge in [-0.3, -0.25) is 4.79 Å². The van der Waals surface area contributed by atoms with Crippen molar-refractivity contribution < 1.29 is 4.79 Å². The fourth-order valence-electron chi connectivity index (χ4n) is 1.01. The van der Waals surface area contributed by atoms with Crippen molar-refractivity contribution in [1.82, 2.24) is 14.8 Å². The van der Waals surface area contributed by atoms with Gasteiger partial charge < -0.3 is 0 Å². The Bertz CT molecular complexity index is 334. The Morgan fingerprint density at radius 2 is 1.94 bits per heavy atom. The standard InChI is InChI=1S/C8H9BrCl3N3O/c9-7(15-5-13-4-14-15)6(16)8(1-10,2-11)3-12/h4-5,7H,1-3H2. The van der Waals surface area contributed by atoms with Crippen LogP contribution in [0.3, 0.4) is 0 Å². The number of hydrogen-bond donors (Lipinski definition) is 0. The summed E-state index contributed by atoms with van der Waals surface area (Å²) in [5.74, 6) is -0.0149. The first-order chi connectivity index (χ1) is 7.61. The van der Waals surface area contributed by atoms with Gasteiger partial charge in [0.15, 0.2) is 10.7 Å². The van der Waals surface area contributed by atoms with E-state index in [0.29, 0.717) is 0 Å². The van der Waals surface area contributed by atoms with Crippen LogP contribution < -0.4 is 0 Å². The minimum absolute atomic E-state index is 0.0651. The van der Waals surface area contributed by atoms with Crippen LogP contribution in [0.2, 0.25) is 0 Å². The second-order valence-corrected chi connectivity index (χ2v) is 4.93. The summed E-state index contributed by atoms with van der Waals surface area (Å²) in [5.41, 5.74) is -0.954. The van der Waals surface area contributed by atoms with Crippen molar-refractivity contribution >= 4 is 56.5 Å². The molecule has 1 aromatic rings. The zero-order valence-corrected chi connectivity index (χ0v) is 12.0. The second-order valence-electron chi connectivity index (χ2n) is 3.26. The molecule has 16 heavy (non-hydrogen) atoms. The van der Waals surface area contributed by atoms with E-state index in [2.05, 4.69) is 26.0 Å². The van der Waals surface area contributed by atoms with Gasteiger partial charge in [-0.1, -0.05) is 15.9 Å². The molecule has 0 saturated carbocycles. The van der Waals surface area contributed by atoms with Gasteiger partial charge >= 0.3 is 0 Å². The van der Waals surface area contributed by atoms with Crippen LogP contribution in [0.4, 0.5) is 0 Å². The van der Waals surface area contributed by atoms with Crippen LogP contribution in [-0.2, 0) is 4.79 Å². The Morgan fingerprint density at radius 3 is 2.31 bits per heavy atom. The third-order valence-electron chi connectivity index (χ3n) is 2.18. The predicted molar refractivity (Wildman–Crippen MR) is 67.6 cm³/mol. The topological polar surface area (TPSA) is 47.8 Å². The molecule has 4 nitrogen and oxygen atoms in total. The Morgan fingerprint density at radius 1 is 1.38 bits per heavy atom. The van der Waals surface area contributed by atoms with E-state index >= 15 is 0 Å². The molecule has 0 fully saturated rings. The molecule has 0 N–H and O–H groups in total. The minimum atomic E-state index is -0.954. The first-order valence-electron chi connectivity index (χ1n) is 4.31. The van der Waals surface area contributed by atoms with E-state index in [9.17, 15) is 4.79 Å². The van der Waals surface area contributed by atoms with Crippen LogP contribution >= 0.6 is 50.7 Å². The maximum absolute atomic E-state index is 12.2. The normalized spacial score (nSPS) is 13.8. The lowest BCUT2D eigenvalue weighted by Crippen LogP contribution is -2.40. The third kappa shape index (κ3) is 2.70. The number of Topliss-reactive ketones (excluding diaryl/α,β-unsaturated/α-hetero) is 1. The fraction of sp³-hybridized carbons (Fsp3) is 0.625. The number of hydrogen-bond acceptors (Lipinski definition) is 3. The highest BCUT2D eigenvalue weighted by molar-refractivity contribution is 9.09. The molecule has 1 atom stereocenters. The molecule has 0 radical (unpaired) electrons. The SMILES string of the molecule is O=C(C(Br)n1cncn1)C(CCl)(CCl)CCl. The predicted octanol–water partition coefficient (Wildman–Crippen LogP) is 2.44. The van der Waals surface area contributed by atoms with Gasteiger partial charge in [0.05, 0.1) is 5.41 Å². The Kier molecular flexibility index (Phi) is 5.50. The molecule has 1 unspecified atom stereocenters. The zero-order valence-electron chi connectivity index (χ0n) is 8.12. The van der Waals surface area contributed by atoms with E-state index in [1.54, 1.807) is 0 Å².